The summed E-state index contributed by atoms with van der Waals surface area (Å²) in [6.07, 6.45) is 3.36. The number of amides is 1. The van der Waals surface area contributed by atoms with Crippen molar-refractivity contribution in [1.82, 2.24) is 19.7 Å². The predicted molar refractivity (Wildman–Crippen MR) is 116 cm³/mol. The molecule has 1 N–H and O–H groups in total. The van der Waals surface area contributed by atoms with E-state index in [1.54, 1.807) is 11.0 Å². The Hall–Kier alpha value is -3.19. The van der Waals surface area contributed by atoms with Crippen molar-refractivity contribution in [2.45, 2.75) is 39.5 Å². The molecule has 0 aliphatic carbocycles. The minimum Gasteiger partial charge on any atom is -0.381 e. The Morgan fingerprint density at radius 3 is 2.50 bits per heavy atom. The number of nitrogens with one attached hydrogen (secondary N) is 1. The molecule has 0 bridgehead atoms. The van der Waals surface area contributed by atoms with Crippen molar-refractivity contribution in [2.75, 3.05) is 18.4 Å². The molecule has 1 saturated heterocycles. The average Bonchev–Trinajstić information content (AvgIpc) is 3.26. The molecule has 30 heavy (non-hydrogen) atoms. The number of rotatable bonds is 5. The van der Waals surface area contributed by atoms with Crippen LogP contribution in [0.2, 0.25) is 0 Å². The lowest BCUT2D eigenvalue weighted by Crippen LogP contribution is -2.48. The van der Waals surface area contributed by atoms with Gasteiger partial charge in [-0.3, -0.25) is 4.79 Å². The fourth-order valence-electron chi connectivity index (χ4n) is 3.88. The molecule has 0 saturated carbocycles. The van der Waals surface area contributed by atoms with Gasteiger partial charge in [-0.15, -0.1) is 0 Å². The minimum atomic E-state index is 0.0582. The third kappa shape index (κ3) is 4.52. The molecule has 0 radical (unpaired) electrons. The molecule has 3 aromatic rings. The maximum atomic E-state index is 12.8. The highest BCUT2D eigenvalue weighted by Gasteiger charge is 2.26. The number of morpholine rings is 1. The number of benzene rings is 2. The van der Waals surface area contributed by atoms with E-state index in [1.807, 2.05) is 49.1 Å². The summed E-state index contributed by atoms with van der Waals surface area (Å²) in [5.41, 5.74) is 5.01. The van der Waals surface area contributed by atoms with Gasteiger partial charge in [0.05, 0.1) is 17.9 Å². The Morgan fingerprint density at radius 1 is 1.13 bits per heavy atom. The van der Waals surface area contributed by atoms with Crippen molar-refractivity contribution in [2.24, 2.45) is 0 Å². The van der Waals surface area contributed by atoms with Gasteiger partial charge in [0, 0.05) is 30.9 Å². The van der Waals surface area contributed by atoms with Crippen molar-refractivity contribution < 1.29 is 9.53 Å². The molecule has 2 unspecified atom stereocenters. The molecule has 1 aliphatic heterocycles. The fourth-order valence-corrected chi connectivity index (χ4v) is 3.88. The highest BCUT2D eigenvalue weighted by Crippen LogP contribution is 2.18. The Labute approximate surface area is 176 Å². The summed E-state index contributed by atoms with van der Waals surface area (Å²) >= 11 is 0. The van der Waals surface area contributed by atoms with Gasteiger partial charge < -0.3 is 15.0 Å². The summed E-state index contributed by atoms with van der Waals surface area (Å²) in [6.45, 7) is 8.03. The first-order valence-electron chi connectivity index (χ1n) is 10.2. The van der Waals surface area contributed by atoms with Crippen LogP contribution in [0.4, 0.5) is 5.69 Å². The number of carbonyl (C=O) groups is 1. The lowest BCUT2D eigenvalue weighted by Gasteiger charge is -2.35. The van der Waals surface area contributed by atoms with E-state index >= 15 is 0 Å². The van der Waals surface area contributed by atoms with Gasteiger partial charge in [0.15, 0.2) is 0 Å². The highest BCUT2D eigenvalue weighted by molar-refractivity contribution is 5.94. The second-order valence-electron chi connectivity index (χ2n) is 7.86. The van der Waals surface area contributed by atoms with Crippen molar-refractivity contribution in [3.8, 4) is 5.69 Å². The van der Waals surface area contributed by atoms with Gasteiger partial charge >= 0.3 is 0 Å². The van der Waals surface area contributed by atoms with Gasteiger partial charge in [0.25, 0.3) is 5.91 Å². The van der Waals surface area contributed by atoms with Crippen LogP contribution in [0, 0.1) is 6.92 Å². The minimum absolute atomic E-state index is 0.0582. The van der Waals surface area contributed by atoms with Crippen LogP contribution in [0.25, 0.3) is 5.69 Å². The predicted octanol–water partition coefficient (Wildman–Crippen LogP) is 3.44. The summed E-state index contributed by atoms with van der Waals surface area (Å²) < 4.78 is 7.48. The van der Waals surface area contributed by atoms with E-state index in [1.165, 1.54) is 11.9 Å². The number of hydrogen-bond acceptors (Lipinski definition) is 5. The normalized spacial score (nSPS) is 19.0. The molecule has 7 heteroatoms. The van der Waals surface area contributed by atoms with Crippen molar-refractivity contribution in [3.63, 3.8) is 0 Å². The number of anilines is 1. The quantitative estimate of drug-likeness (QED) is 0.704. The summed E-state index contributed by atoms with van der Waals surface area (Å²) in [5, 5.41) is 7.61. The molecular formula is C23H27N5O2. The Balaban J connectivity index is 1.37. The van der Waals surface area contributed by atoms with Gasteiger partial charge in [0.1, 0.15) is 12.7 Å². The molecule has 4 rings (SSSR count). The number of hydrogen-bond donors (Lipinski definition) is 1. The largest absolute Gasteiger partial charge is 0.381 e. The Kier molecular flexibility index (Phi) is 5.81. The SMILES string of the molecule is Cc1cc(CNc2ccc(C(=O)N3CC(C)OC(C)C3)cc2)ccc1-n1cncn1. The second-order valence-corrected chi connectivity index (χ2v) is 7.86. The standard InChI is InChI=1S/C23H27N5O2/c1-16-10-19(4-9-22(16)28-15-24-14-26-28)11-25-21-7-5-20(6-8-21)23(29)27-12-17(2)30-18(3)13-27/h4-10,14-15,17-18,25H,11-13H2,1-3H3. The van der Waals surface area contributed by atoms with E-state index < -0.39 is 0 Å². The highest BCUT2D eigenvalue weighted by atomic mass is 16.5. The number of carbonyl (C=O) groups excluding carboxylic acids is 1. The maximum absolute atomic E-state index is 12.8. The molecule has 1 aliphatic rings. The van der Waals surface area contributed by atoms with Crippen molar-refractivity contribution in [3.05, 3.63) is 71.8 Å². The fraction of sp³-hybridized carbons (Fsp3) is 0.348. The van der Waals surface area contributed by atoms with Crippen LogP contribution in [0.1, 0.15) is 35.3 Å². The smallest absolute Gasteiger partial charge is 0.254 e. The number of aryl methyl sites for hydroxylation is 1. The van der Waals surface area contributed by atoms with Gasteiger partial charge in [-0.05, 0) is 62.2 Å². The summed E-state index contributed by atoms with van der Waals surface area (Å²) in [5.74, 6) is 0.0582. The average molecular weight is 406 g/mol. The van der Waals surface area contributed by atoms with E-state index in [-0.39, 0.29) is 18.1 Å². The molecule has 7 nitrogen and oxygen atoms in total. The molecule has 1 fully saturated rings. The van der Waals surface area contributed by atoms with Crippen LogP contribution < -0.4 is 5.32 Å². The molecule has 0 spiro atoms. The summed E-state index contributed by atoms with van der Waals surface area (Å²) in [4.78, 5) is 18.7. The van der Waals surface area contributed by atoms with E-state index in [0.29, 0.717) is 25.2 Å². The first-order chi connectivity index (χ1) is 14.5. The zero-order chi connectivity index (χ0) is 21.1. The van der Waals surface area contributed by atoms with Gasteiger partial charge in [-0.1, -0.05) is 12.1 Å². The van der Waals surface area contributed by atoms with E-state index in [4.69, 9.17) is 4.74 Å². The Bertz CT molecular complexity index is 991. The zero-order valence-corrected chi connectivity index (χ0v) is 17.6. The lowest BCUT2D eigenvalue weighted by atomic mass is 10.1. The topological polar surface area (TPSA) is 72.3 Å². The van der Waals surface area contributed by atoms with Crippen LogP contribution in [0.15, 0.2) is 55.1 Å². The maximum Gasteiger partial charge on any atom is 0.254 e. The van der Waals surface area contributed by atoms with E-state index in [0.717, 1.165) is 16.9 Å². The van der Waals surface area contributed by atoms with Crippen LogP contribution in [0.5, 0.6) is 0 Å². The summed E-state index contributed by atoms with van der Waals surface area (Å²) in [6, 6.07) is 13.9. The number of aromatic nitrogens is 3. The monoisotopic (exact) mass is 405 g/mol. The molecule has 156 valence electrons. The van der Waals surface area contributed by atoms with Crippen molar-refractivity contribution >= 4 is 11.6 Å². The third-order valence-electron chi connectivity index (χ3n) is 5.26. The van der Waals surface area contributed by atoms with Gasteiger partial charge in [-0.25, -0.2) is 9.67 Å². The third-order valence-corrected chi connectivity index (χ3v) is 5.26. The first kappa shape index (κ1) is 20.1. The molecule has 1 aromatic heterocycles. The van der Waals surface area contributed by atoms with Gasteiger partial charge in [-0.2, -0.15) is 5.10 Å². The Morgan fingerprint density at radius 2 is 1.87 bits per heavy atom. The number of nitrogens with zero attached hydrogens (tertiary/aromatic N) is 4. The molecule has 2 aromatic carbocycles. The molecule has 2 atom stereocenters. The van der Waals surface area contributed by atoms with Crippen molar-refractivity contribution in [1.29, 1.82) is 0 Å². The van der Waals surface area contributed by atoms with E-state index in [2.05, 4.69) is 34.5 Å². The van der Waals surface area contributed by atoms with Crippen LogP contribution >= 0.6 is 0 Å². The number of ether oxygens (including phenoxy) is 1. The zero-order valence-electron chi connectivity index (χ0n) is 17.6. The second kappa shape index (κ2) is 8.67. The van der Waals surface area contributed by atoms with Gasteiger partial charge in [0.2, 0.25) is 0 Å². The molecular weight excluding hydrogens is 378 g/mol. The summed E-state index contributed by atoms with van der Waals surface area (Å²) in [7, 11) is 0. The first-order valence-corrected chi connectivity index (χ1v) is 10.2. The lowest BCUT2D eigenvalue weighted by molar-refractivity contribution is -0.0586. The molecule has 1 amide bonds. The van der Waals surface area contributed by atoms with Crippen LogP contribution in [-0.2, 0) is 11.3 Å². The molecule has 2 heterocycles. The van der Waals surface area contributed by atoms with Crippen LogP contribution in [0.3, 0.4) is 0 Å². The van der Waals surface area contributed by atoms with Crippen LogP contribution in [-0.4, -0.2) is 50.9 Å². The van der Waals surface area contributed by atoms with E-state index in [9.17, 15) is 4.79 Å².